The minimum atomic E-state index is -1.10. The Morgan fingerprint density at radius 2 is 1.93 bits per heavy atom. The summed E-state index contributed by atoms with van der Waals surface area (Å²) in [5.74, 6) is -1.10. The van der Waals surface area contributed by atoms with Crippen molar-refractivity contribution in [3.8, 4) is 0 Å². The molecule has 0 aromatic rings. The summed E-state index contributed by atoms with van der Waals surface area (Å²) >= 11 is 0. The molecular formula is C8H16N2O4S. The smallest absolute Gasteiger partial charge is 0.325 e. The molecule has 15 heavy (non-hydrogen) atoms. The summed E-state index contributed by atoms with van der Waals surface area (Å²) in [6.45, 7) is 3.35. The van der Waals surface area contributed by atoms with Crippen LogP contribution in [-0.4, -0.2) is 45.4 Å². The summed E-state index contributed by atoms with van der Waals surface area (Å²) in [7, 11) is -1.01. The molecule has 0 aliphatic heterocycles. The molecule has 0 spiro atoms. The zero-order valence-electron chi connectivity index (χ0n) is 8.94. The fraction of sp³-hybridized carbons (Fsp3) is 0.750. The van der Waals surface area contributed by atoms with E-state index in [0.717, 1.165) is 0 Å². The van der Waals surface area contributed by atoms with Crippen molar-refractivity contribution in [3.63, 3.8) is 0 Å². The zero-order chi connectivity index (χ0) is 12.0. The highest BCUT2D eigenvalue weighted by Gasteiger charge is 2.14. The zero-order valence-corrected chi connectivity index (χ0v) is 9.76. The van der Waals surface area contributed by atoms with E-state index >= 15 is 0 Å². The normalized spacial score (nSPS) is 16.2. The molecule has 2 amide bonds. The van der Waals surface area contributed by atoms with Crippen LogP contribution in [0.1, 0.15) is 13.8 Å². The Balaban J connectivity index is 3.85. The van der Waals surface area contributed by atoms with Crippen molar-refractivity contribution in [3.05, 3.63) is 0 Å². The first-order valence-corrected chi connectivity index (χ1v) is 6.06. The van der Waals surface area contributed by atoms with Crippen LogP contribution in [0.3, 0.4) is 0 Å². The Bertz CT molecular complexity index is 269. The Morgan fingerprint density at radius 1 is 1.40 bits per heavy atom. The Morgan fingerprint density at radius 3 is 2.33 bits per heavy atom. The van der Waals surface area contributed by atoms with E-state index in [-0.39, 0.29) is 11.8 Å². The fourth-order valence-corrected chi connectivity index (χ4v) is 0.981. The van der Waals surface area contributed by atoms with Gasteiger partial charge in [-0.3, -0.25) is 9.00 Å². The lowest BCUT2D eigenvalue weighted by Crippen LogP contribution is -2.46. The molecule has 0 heterocycles. The molecule has 3 unspecified atom stereocenters. The molecule has 0 radical (unpaired) electrons. The van der Waals surface area contributed by atoms with Crippen LogP contribution in [0.2, 0.25) is 0 Å². The standard InChI is InChI=1S/C8H16N2O4S/c1-5(15(3)14)4-9-8(13)10-6(2)7(11)12/h5-6H,4H2,1-3H3,(H,11,12)(H2,9,10,13). The fourth-order valence-electron chi connectivity index (χ4n) is 0.663. The lowest BCUT2D eigenvalue weighted by atomic mass is 10.3. The molecule has 0 aliphatic carbocycles. The van der Waals surface area contributed by atoms with Gasteiger partial charge in [0.05, 0.1) is 0 Å². The van der Waals surface area contributed by atoms with Crippen molar-refractivity contribution in [2.24, 2.45) is 0 Å². The Hall–Kier alpha value is -1.11. The monoisotopic (exact) mass is 236 g/mol. The van der Waals surface area contributed by atoms with E-state index in [9.17, 15) is 13.8 Å². The maximum Gasteiger partial charge on any atom is 0.325 e. The largest absolute Gasteiger partial charge is 0.480 e. The molecule has 0 saturated heterocycles. The molecule has 0 saturated carbocycles. The van der Waals surface area contributed by atoms with Crippen LogP contribution < -0.4 is 10.6 Å². The van der Waals surface area contributed by atoms with Gasteiger partial charge in [0, 0.05) is 28.9 Å². The SMILES string of the molecule is CC(NC(=O)NCC(C)S(C)=O)C(=O)O. The first kappa shape index (κ1) is 13.9. The lowest BCUT2D eigenvalue weighted by Gasteiger charge is -2.12. The van der Waals surface area contributed by atoms with E-state index in [0.29, 0.717) is 0 Å². The van der Waals surface area contributed by atoms with Gasteiger partial charge in [-0.05, 0) is 13.8 Å². The summed E-state index contributed by atoms with van der Waals surface area (Å²) in [5, 5.41) is 13.0. The molecule has 0 aliphatic rings. The van der Waals surface area contributed by atoms with Crippen LogP contribution in [0, 0.1) is 0 Å². The summed E-state index contributed by atoms with van der Waals surface area (Å²) in [6.07, 6.45) is 1.55. The number of hydrogen-bond donors (Lipinski definition) is 3. The van der Waals surface area contributed by atoms with E-state index in [1.54, 1.807) is 13.2 Å². The number of carbonyl (C=O) groups excluding carboxylic acids is 1. The van der Waals surface area contributed by atoms with Gasteiger partial charge in [-0.15, -0.1) is 0 Å². The van der Waals surface area contributed by atoms with Gasteiger partial charge in [0.2, 0.25) is 0 Å². The first-order chi connectivity index (χ1) is 6.84. The third kappa shape index (κ3) is 6.05. The number of urea groups is 1. The first-order valence-electron chi connectivity index (χ1n) is 4.44. The van der Waals surface area contributed by atoms with Crippen molar-refractivity contribution < 1.29 is 18.9 Å². The summed E-state index contributed by atoms with van der Waals surface area (Å²) in [6, 6.07) is -1.50. The topological polar surface area (TPSA) is 95.5 Å². The van der Waals surface area contributed by atoms with Gasteiger partial charge in [0.15, 0.2) is 0 Å². The van der Waals surface area contributed by atoms with E-state index in [1.807, 2.05) is 0 Å². The Labute approximate surface area is 90.9 Å². The van der Waals surface area contributed by atoms with Crippen LogP contribution >= 0.6 is 0 Å². The van der Waals surface area contributed by atoms with Crippen LogP contribution in [0.15, 0.2) is 0 Å². The number of carboxylic acid groups (broad SMARTS) is 1. The van der Waals surface area contributed by atoms with E-state index in [2.05, 4.69) is 10.6 Å². The van der Waals surface area contributed by atoms with Crippen molar-refractivity contribution in [2.75, 3.05) is 12.8 Å². The third-order valence-electron chi connectivity index (χ3n) is 1.83. The summed E-state index contributed by atoms with van der Waals surface area (Å²) < 4.78 is 10.9. The number of carbonyl (C=O) groups is 2. The van der Waals surface area contributed by atoms with Crippen molar-refractivity contribution in [1.82, 2.24) is 10.6 Å². The molecule has 3 N–H and O–H groups in total. The van der Waals surface area contributed by atoms with Crippen LogP contribution in [0.5, 0.6) is 0 Å². The lowest BCUT2D eigenvalue weighted by molar-refractivity contribution is -0.138. The number of nitrogens with one attached hydrogen (secondary N) is 2. The molecule has 0 rings (SSSR count). The molecule has 7 heteroatoms. The number of hydrogen-bond acceptors (Lipinski definition) is 3. The Kier molecular flexibility index (Phi) is 5.92. The average Bonchev–Trinajstić information content (AvgIpc) is 2.13. The van der Waals surface area contributed by atoms with Gasteiger partial charge >= 0.3 is 12.0 Å². The van der Waals surface area contributed by atoms with Crippen LogP contribution in [0.25, 0.3) is 0 Å². The third-order valence-corrected chi connectivity index (χ3v) is 3.13. The second-order valence-electron chi connectivity index (χ2n) is 3.22. The molecule has 0 aromatic carbocycles. The molecule has 88 valence electrons. The number of amides is 2. The predicted octanol–water partition coefficient (Wildman–Crippen LogP) is -0.474. The van der Waals surface area contributed by atoms with Crippen LogP contribution in [-0.2, 0) is 15.6 Å². The minimum absolute atomic E-state index is 0.157. The molecular weight excluding hydrogens is 220 g/mol. The van der Waals surface area contributed by atoms with Gasteiger partial charge in [-0.1, -0.05) is 0 Å². The van der Waals surface area contributed by atoms with Gasteiger partial charge in [0.1, 0.15) is 6.04 Å². The molecule has 6 nitrogen and oxygen atoms in total. The second kappa shape index (κ2) is 6.39. The van der Waals surface area contributed by atoms with Gasteiger partial charge in [0.25, 0.3) is 0 Å². The molecule has 0 bridgehead atoms. The maximum atomic E-state index is 11.1. The quantitative estimate of drug-likeness (QED) is 0.601. The van der Waals surface area contributed by atoms with E-state index < -0.39 is 28.8 Å². The van der Waals surface area contributed by atoms with Gasteiger partial charge in [-0.2, -0.15) is 0 Å². The van der Waals surface area contributed by atoms with Crippen LogP contribution in [0.4, 0.5) is 4.79 Å². The van der Waals surface area contributed by atoms with Crippen molar-refractivity contribution >= 4 is 22.8 Å². The number of carboxylic acids is 1. The predicted molar refractivity (Wildman–Crippen MR) is 57.2 cm³/mol. The highest BCUT2D eigenvalue weighted by molar-refractivity contribution is 7.84. The maximum absolute atomic E-state index is 11.1. The highest BCUT2D eigenvalue weighted by atomic mass is 32.2. The van der Waals surface area contributed by atoms with Crippen molar-refractivity contribution in [1.29, 1.82) is 0 Å². The summed E-state index contributed by atoms with van der Waals surface area (Å²) in [4.78, 5) is 21.5. The number of rotatable bonds is 5. The molecule has 3 atom stereocenters. The van der Waals surface area contributed by atoms with Gasteiger partial charge in [-0.25, -0.2) is 4.79 Å². The van der Waals surface area contributed by atoms with E-state index in [1.165, 1.54) is 6.92 Å². The van der Waals surface area contributed by atoms with E-state index in [4.69, 9.17) is 5.11 Å². The molecule has 0 fully saturated rings. The highest BCUT2D eigenvalue weighted by Crippen LogP contribution is 1.89. The van der Waals surface area contributed by atoms with Gasteiger partial charge < -0.3 is 15.7 Å². The van der Waals surface area contributed by atoms with Crippen molar-refractivity contribution in [2.45, 2.75) is 25.1 Å². The molecule has 0 aromatic heterocycles. The second-order valence-corrected chi connectivity index (χ2v) is 5.03. The average molecular weight is 236 g/mol. The minimum Gasteiger partial charge on any atom is -0.480 e. The number of aliphatic carboxylic acids is 1. The summed E-state index contributed by atoms with van der Waals surface area (Å²) in [5.41, 5.74) is 0.